The summed E-state index contributed by atoms with van der Waals surface area (Å²) < 4.78 is 18.5. The Morgan fingerprint density at radius 2 is 2.11 bits per heavy atom. The van der Waals surface area contributed by atoms with Gasteiger partial charge in [0.15, 0.2) is 0 Å². The van der Waals surface area contributed by atoms with Crippen LogP contribution >= 0.6 is 0 Å². The fourth-order valence-corrected chi connectivity index (χ4v) is 2.20. The van der Waals surface area contributed by atoms with Gasteiger partial charge in [-0.3, -0.25) is 0 Å². The first-order valence-corrected chi connectivity index (χ1v) is 6.49. The van der Waals surface area contributed by atoms with Crippen molar-refractivity contribution in [3.05, 3.63) is 35.3 Å². The maximum absolute atomic E-state index is 13.6. The molecule has 0 amide bonds. The van der Waals surface area contributed by atoms with Gasteiger partial charge in [-0.05, 0) is 43.0 Å². The molecule has 0 aliphatic rings. The molecule has 1 heterocycles. The lowest BCUT2D eigenvalue weighted by Gasteiger charge is -2.06. The smallest absolute Gasteiger partial charge is 0.354 e. The third-order valence-corrected chi connectivity index (χ3v) is 2.90. The van der Waals surface area contributed by atoms with Gasteiger partial charge in [-0.25, -0.2) is 9.18 Å². The lowest BCUT2D eigenvalue weighted by atomic mass is 10.0. The minimum Gasteiger partial charge on any atom is -0.461 e. The van der Waals surface area contributed by atoms with Crippen molar-refractivity contribution in [3.8, 4) is 0 Å². The van der Waals surface area contributed by atoms with Gasteiger partial charge in [0.05, 0.1) is 6.61 Å². The lowest BCUT2D eigenvalue weighted by Crippen LogP contribution is -2.04. The molecule has 0 aliphatic carbocycles. The van der Waals surface area contributed by atoms with Crippen LogP contribution in [0.2, 0.25) is 0 Å². The van der Waals surface area contributed by atoms with E-state index in [0.717, 1.165) is 17.5 Å². The number of benzene rings is 1. The van der Waals surface area contributed by atoms with Crippen LogP contribution in [0, 0.1) is 11.7 Å². The second-order valence-electron chi connectivity index (χ2n) is 5.03. The predicted molar refractivity (Wildman–Crippen MR) is 72.8 cm³/mol. The number of hydrogen-bond donors (Lipinski definition) is 1. The molecule has 0 radical (unpaired) electrons. The number of esters is 1. The summed E-state index contributed by atoms with van der Waals surface area (Å²) in [4.78, 5) is 14.7. The number of H-pyrrole nitrogens is 1. The summed E-state index contributed by atoms with van der Waals surface area (Å²) in [7, 11) is 0. The Morgan fingerprint density at radius 3 is 2.74 bits per heavy atom. The predicted octanol–water partition coefficient (Wildman–Crippen LogP) is 3.68. The monoisotopic (exact) mass is 263 g/mol. The first kappa shape index (κ1) is 13.6. The Kier molecular flexibility index (Phi) is 3.88. The van der Waals surface area contributed by atoms with Gasteiger partial charge < -0.3 is 9.72 Å². The standard InChI is InChI=1S/C15H18FNO2/c1-4-19-15(18)13-8-11-7-12(16)6-10(5-9(2)3)14(11)17-13/h6-9,17H,4-5H2,1-3H3. The van der Waals surface area contributed by atoms with Crippen LogP contribution < -0.4 is 0 Å². The number of hydrogen-bond acceptors (Lipinski definition) is 2. The summed E-state index contributed by atoms with van der Waals surface area (Å²) in [5, 5.41) is 0.707. The van der Waals surface area contributed by atoms with Gasteiger partial charge in [-0.1, -0.05) is 13.8 Å². The summed E-state index contributed by atoms with van der Waals surface area (Å²) in [6, 6.07) is 4.59. The van der Waals surface area contributed by atoms with Gasteiger partial charge in [0.2, 0.25) is 0 Å². The zero-order valence-corrected chi connectivity index (χ0v) is 11.4. The number of ether oxygens (including phenoxy) is 1. The van der Waals surface area contributed by atoms with E-state index in [0.29, 0.717) is 23.6 Å². The van der Waals surface area contributed by atoms with Crippen LogP contribution in [0.1, 0.15) is 36.8 Å². The third kappa shape index (κ3) is 2.95. The number of rotatable bonds is 4. The van der Waals surface area contributed by atoms with Gasteiger partial charge in [-0.15, -0.1) is 0 Å². The van der Waals surface area contributed by atoms with E-state index in [2.05, 4.69) is 18.8 Å². The maximum Gasteiger partial charge on any atom is 0.354 e. The van der Waals surface area contributed by atoms with E-state index in [-0.39, 0.29) is 5.82 Å². The lowest BCUT2D eigenvalue weighted by molar-refractivity contribution is 0.0520. The number of carbonyl (C=O) groups excluding carboxylic acids is 1. The zero-order chi connectivity index (χ0) is 14.0. The zero-order valence-electron chi connectivity index (χ0n) is 11.4. The van der Waals surface area contributed by atoms with Gasteiger partial charge in [0.1, 0.15) is 11.5 Å². The molecule has 4 heteroatoms. The van der Waals surface area contributed by atoms with E-state index in [1.54, 1.807) is 13.0 Å². The average molecular weight is 263 g/mol. The third-order valence-electron chi connectivity index (χ3n) is 2.90. The number of halogens is 1. The summed E-state index contributed by atoms with van der Waals surface area (Å²) in [6.07, 6.45) is 0.761. The van der Waals surface area contributed by atoms with Crippen molar-refractivity contribution in [1.82, 2.24) is 4.98 Å². The molecule has 0 fully saturated rings. The van der Waals surface area contributed by atoms with Crippen molar-refractivity contribution in [2.45, 2.75) is 27.2 Å². The molecule has 0 spiro atoms. The van der Waals surface area contributed by atoms with Crippen LogP contribution in [0.5, 0.6) is 0 Å². The van der Waals surface area contributed by atoms with Crippen molar-refractivity contribution in [2.75, 3.05) is 6.61 Å². The van der Waals surface area contributed by atoms with Crippen LogP contribution in [-0.2, 0) is 11.2 Å². The molecule has 0 aliphatic heterocycles. The molecule has 3 nitrogen and oxygen atoms in total. The van der Waals surface area contributed by atoms with Crippen LogP contribution in [0.3, 0.4) is 0 Å². The minimum atomic E-state index is -0.408. The van der Waals surface area contributed by atoms with Crippen LogP contribution in [0.4, 0.5) is 4.39 Å². The average Bonchev–Trinajstić information content (AvgIpc) is 2.72. The Labute approximate surface area is 111 Å². The van der Waals surface area contributed by atoms with E-state index in [1.807, 2.05) is 0 Å². The molecule has 19 heavy (non-hydrogen) atoms. The highest BCUT2D eigenvalue weighted by Gasteiger charge is 2.14. The largest absolute Gasteiger partial charge is 0.461 e. The number of fused-ring (bicyclic) bond motifs is 1. The highest BCUT2D eigenvalue weighted by Crippen LogP contribution is 2.24. The number of aromatic amines is 1. The van der Waals surface area contributed by atoms with Crippen LogP contribution in [-0.4, -0.2) is 17.6 Å². The quantitative estimate of drug-likeness (QED) is 0.855. The fourth-order valence-electron chi connectivity index (χ4n) is 2.20. The van der Waals surface area contributed by atoms with E-state index in [9.17, 15) is 9.18 Å². The van der Waals surface area contributed by atoms with Crippen LogP contribution in [0.25, 0.3) is 10.9 Å². The van der Waals surface area contributed by atoms with E-state index >= 15 is 0 Å². The molecule has 1 aromatic heterocycles. The van der Waals surface area contributed by atoms with Crippen molar-refractivity contribution >= 4 is 16.9 Å². The van der Waals surface area contributed by atoms with Crippen molar-refractivity contribution in [1.29, 1.82) is 0 Å². The van der Waals surface area contributed by atoms with Gasteiger partial charge >= 0.3 is 5.97 Å². The Bertz CT molecular complexity index is 601. The first-order chi connectivity index (χ1) is 9.01. The summed E-state index contributed by atoms with van der Waals surface area (Å²) in [5.41, 5.74) is 2.08. The SMILES string of the molecule is CCOC(=O)c1cc2cc(F)cc(CC(C)C)c2[nH]1. The summed E-state index contributed by atoms with van der Waals surface area (Å²) in [5.74, 6) is -0.272. The van der Waals surface area contributed by atoms with Crippen molar-refractivity contribution in [3.63, 3.8) is 0 Å². The second kappa shape index (κ2) is 5.43. The molecule has 1 N–H and O–H groups in total. The molecule has 2 rings (SSSR count). The Balaban J connectivity index is 2.48. The normalized spacial score (nSPS) is 11.2. The van der Waals surface area contributed by atoms with Gasteiger partial charge in [-0.2, -0.15) is 0 Å². The van der Waals surface area contributed by atoms with Crippen molar-refractivity contribution < 1.29 is 13.9 Å². The highest BCUT2D eigenvalue weighted by atomic mass is 19.1. The molecule has 1 aromatic carbocycles. The number of nitrogens with one attached hydrogen (secondary N) is 1. The first-order valence-electron chi connectivity index (χ1n) is 6.49. The Morgan fingerprint density at radius 1 is 1.37 bits per heavy atom. The van der Waals surface area contributed by atoms with Gasteiger partial charge in [0, 0.05) is 10.9 Å². The van der Waals surface area contributed by atoms with E-state index in [1.165, 1.54) is 12.1 Å². The molecule has 2 aromatic rings. The molecule has 0 saturated heterocycles. The second-order valence-corrected chi connectivity index (χ2v) is 5.03. The van der Waals surface area contributed by atoms with E-state index < -0.39 is 5.97 Å². The number of carbonyl (C=O) groups is 1. The Hall–Kier alpha value is -1.84. The minimum absolute atomic E-state index is 0.280. The molecule has 102 valence electrons. The molecule has 0 atom stereocenters. The van der Waals surface area contributed by atoms with Crippen LogP contribution in [0.15, 0.2) is 18.2 Å². The number of aromatic nitrogens is 1. The summed E-state index contributed by atoms with van der Waals surface area (Å²) in [6.45, 7) is 6.23. The molecule has 0 saturated carbocycles. The molecule has 0 bridgehead atoms. The van der Waals surface area contributed by atoms with Gasteiger partial charge in [0.25, 0.3) is 0 Å². The van der Waals surface area contributed by atoms with E-state index in [4.69, 9.17) is 4.74 Å². The van der Waals surface area contributed by atoms with Crippen molar-refractivity contribution in [2.24, 2.45) is 5.92 Å². The molecular weight excluding hydrogens is 245 g/mol. The highest BCUT2D eigenvalue weighted by molar-refractivity contribution is 5.95. The maximum atomic E-state index is 13.6. The molecular formula is C15H18FNO2. The summed E-state index contributed by atoms with van der Waals surface area (Å²) >= 11 is 0. The molecule has 0 unspecified atom stereocenters. The topological polar surface area (TPSA) is 42.1 Å². The fraction of sp³-hybridized carbons (Fsp3) is 0.400.